The van der Waals surface area contributed by atoms with Crippen LogP contribution in [0.5, 0.6) is 0 Å². The number of carbonyl (C=O) groups is 3. The number of halogens is 2. The summed E-state index contributed by atoms with van der Waals surface area (Å²) < 4.78 is 37.9. The molecule has 0 aliphatic heterocycles. The summed E-state index contributed by atoms with van der Waals surface area (Å²) >= 11 is 0. The summed E-state index contributed by atoms with van der Waals surface area (Å²) in [6.07, 6.45) is 8.87. The molecule has 0 amide bonds. The molecular weight excluding hydrogens is 394 g/mol. The lowest BCUT2D eigenvalue weighted by molar-refractivity contribution is -0.148. The van der Waals surface area contributed by atoms with Gasteiger partial charge in [-0.2, -0.15) is 8.78 Å². The van der Waals surface area contributed by atoms with E-state index in [1.807, 2.05) is 6.92 Å². The maximum atomic E-state index is 13.9. The fourth-order valence-corrected chi connectivity index (χ4v) is 4.02. The van der Waals surface area contributed by atoms with Crippen molar-refractivity contribution >= 4 is 17.7 Å². The number of ketones is 1. The Morgan fingerprint density at radius 2 is 1.77 bits per heavy atom. The van der Waals surface area contributed by atoms with Gasteiger partial charge in [-0.25, -0.2) is 0 Å². The van der Waals surface area contributed by atoms with Crippen molar-refractivity contribution in [3.63, 3.8) is 0 Å². The zero-order valence-corrected chi connectivity index (χ0v) is 18.5. The molecule has 0 spiro atoms. The second-order valence-corrected chi connectivity index (χ2v) is 8.11. The Morgan fingerprint density at radius 1 is 1.07 bits per heavy atom. The van der Waals surface area contributed by atoms with Crippen LogP contribution in [0.2, 0.25) is 0 Å². The van der Waals surface area contributed by atoms with Gasteiger partial charge in [0.25, 0.3) is 0 Å². The minimum atomic E-state index is -3.32. The standard InChI is InChI=1S/C23H36F2O5/c1-4-5-16-23(24,25)21(27)15-13-18-12-14-20(30-17(2)26)19(18)10-8-6-7-9-11-22(28)29-3/h13,15,18-20H,4-12,14,16H2,1-3H3/t18-,19-,20+/m1/s1. The van der Waals surface area contributed by atoms with Gasteiger partial charge in [0.15, 0.2) is 0 Å². The molecule has 0 saturated heterocycles. The molecule has 1 aliphatic rings. The second-order valence-electron chi connectivity index (χ2n) is 8.11. The fraction of sp³-hybridized carbons (Fsp3) is 0.783. The summed E-state index contributed by atoms with van der Waals surface area (Å²) in [5, 5.41) is 0. The van der Waals surface area contributed by atoms with Crippen LogP contribution in [0.4, 0.5) is 8.78 Å². The van der Waals surface area contributed by atoms with E-state index in [2.05, 4.69) is 4.74 Å². The third kappa shape index (κ3) is 9.35. The van der Waals surface area contributed by atoms with Crippen LogP contribution in [0.1, 0.15) is 84.5 Å². The Kier molecular flexibility index (Phi) is 11.8. The summed E-state index contributed by atoms with van der Waals surface area (Å²) in [6, 6.07) is 0. The normalized spacial score (nSPS) is 21.7. The van der Waals surface area contributed by atoms with Gasteiger partial charge in [0, 0.05) is 25.7 Å². The van der Waals surface area contributed by atoms with E-state index in [1.165, 1.54) is 14.0 Å². The highest BCUT2D eigenvalue weighted by Crippen LogP contribution is 2.39. The van der Waals surface area contributed by atoms with Gasteiger partial charge in [0.2, 0.25) is 5.78 Å². The SMILES string of the molecule is CCCCC(F)(F)C(=O)C=C[C@H]1CC[C@H](OC(C)=O)[C@@H]1CCCCCCC(=O)OC. The molecule has 1 rings (SSSR count). The number of allylic oxidation sites excluding steroid dienone is 2. The monoisotopic (exact) mass is 430 g/mol. The number of esters is 2. The molecule has 1 fully saturated rings. The van der Waals surface area contributed by atoms with Gasteiger partial charge in [0.05, 0.1) is 7.11 Å². The van der Waals surface area contributed by atoms with Crippen molar-refractivity contribution in [2.75, 3.05) is 7.11 Å². The van der Waals surface area contributed by atoms with Crippen LogP contribution in [-0.4, -0.2) is 36.9 Å². The van der Waals surface area contributed by atoms with Crippen LogP contribution in [0.3, 0.4) is 0 Å². The molecular formula is C23H36F2O5. The summed E-state index contributed by atoms with van der Waals surface area (Å²) in [5.74, 6) is -5.08. The number of hydrogen-bond acceptors (Lipinski definition) is 5. The molecule has 30 heavy (non-hydrogen) atoms. The number of unbranched alkanes of at least 4 members (excludes halogenated alkanes) is 4. The third-order valence-corrected chi connectivity index (χ3v) is 5.72. The molecule has 0 radical (unpaired) electrons. The Labute approximate surface area is 178 Å². The van der Waals surface area contributed by atoms with Gasteiger partial charge in [-0.15, -0.1) is 0 Å². The topological polar surface area (TPSA) is 69.7 Å². The first-order valence-electron chi connectivity index (χ1n) is 11.1. The van der Waals surface area contributed by atoms with E-state index in [0.717, 1.165) is 38.2 Å². The van der Waals surface area contributed by atoms with Crippen LogP contribution in [-0.2, 0) is 23.9 Å². The smallest absolute Gasteiger partial charge is 0.309 e. The largest absolute Gasteiger partial charge is 0.469 e. The first-order chi connectivity index (χ1) is 14.2. The average molecular weight is 431 g/mol. The van der Waals surface area contributed by atoms with E-state index in [1.54, 1.807) is 6.08 Å². The number of rotatable bonds is 14. The molecule has 5 nitrogen and oxygen atoms in total. The highest BCUT2D eigenvalue weighted by Gasteiger charge is 2.38. The van der Waals surface area contributed by atoms with E-state index in [-0.39, 0.29) is 29.9 Å². The number of hydrogen-bond donors (Lipinski definition) is 0. The van der Waals surface area contributed by atoms with Crippen molar-refractivity contribution in [3.8, 4) is 0 Å². The molecule has 0 N–H and O–H groups in total. The van der Waals surface area contributed by atoms with Gasteiger partial charge in [-0.1, -0.05) is 38.7 Å². The lowest BCUT2D eigenvalue weighted by Crippen LogP contribution is -2.27. The van der Waals surface area contributed by atoms with E-state index in [0.29, 0.717) is 32.1 Å². The predicted octanol–water partition coefficient (Wildman–Crippen LogP) is 5.41. The maximum absolute atomic E-state index is 13.9. The van der Waals surface area contributed by atoms with Crippen molar-refractivity contribution in [2.45, 2.75) is 96.5 Å². The van der Waals surface area contributed by atoms with Crippen LogP contribution in [0.15, 0.2) is 12.2 Å². The minimum absolute atomic E-state index is 0.0165. The zero-order chi connectivity index (χ0) is 22.6. The van der Waals surface area contributed by atoms with Gasteiger partial charge >= 0.3 is 17.9 Å². The van der Waals surface area contributed by atoms with Crippen LogP contribution >= 0.6 is 0 Å². The van der Waals surface area contributed by atoms with E-state index in [9.17, 15) is 23.2 Å². The Bertz CT molecular complexity index is 588. The van der Waals surface area contributed by atoms with Gasteiger partial charge in [0.1, 0.15) is 6.10 Å². The first-order valence-corrected chi connectivity index (χ1v) is 11.1. The number of alkyl halides is 2. The highest BCUT2D eigenvalue weighted by atomic mass is 19.3. The Hall–Kier alpha value is -1.79. The molecule has 7 heteroatoms. The highest BCUT2D eigenvalue weighted by molar-refractivity contribution is 5.95. The molecule has 0 heterocycles. The zero-order valence-electron chi connectivity index (χ0n) is 18.5. The van der Waals surface area contributed by atoms with Crippen LogP contribution in [0, 0.1) is 11.8 Å². The lowest BCUT2D eigenvalue weighted by atomic mass is 9.88. The molecule has 1 aliphatic carbocycles. The van der Waals surface area contributed by atoms with Crippen molar-refractivity contribution in [2.24, 2.45) is 11.8 Å². The average Bonchev–Trinajstić information content (AvgIpc) is 3.07. The van der Waals surface area contributed by atoms with E-state index >= 15 is 0 Å². The second kappa shape index (κ2) is 13.5. The number of ether oxygens (including phenoxy) is 2. The molecule has 0 unspecified atom stereocenters. The third-order valence-electron chi connectivity index (χ3n) is 5.72. The summed E-state index contributed by atoms with van der Waals surface area (Å²) in [5.41, 5.74) is 0. The summed E-state index contributed by atoms with van der Waals surface area (Å²) in [4.78, 5) is 34.5. The molecule has 172 valence electrons. The molecule has 0 bridgehead atoms. The van der Waals surface area contributed by atoms with Crippen molar-refractivity contribution in [1.82, 2.24) is 0 Å². The number of carbonyl (C=O) groups excluding carboxylic acids is 3. The minimum Gasteiger partial charge on any atom is -0.469 e. The van der Waals surface area contributed by atoms with Crippen molar-refractivity contribution in [1.29, 1.82) is 0 Å². The van der Waals surface area contributed by atoms with E-state index in [4.69, 9.17) is 4.74 Å². The molecule has 0 aromatic rings. The summed E-state index contributed by atoms with van der Waals surface area (Å²) in [7, 11) is 1.37. The predicted molar refractivity (Wildman–Crippen MR) is 110 cm³/mol. The van der Waals surface area contributed by atoms with Gasteiger partial charge in [-0.05, 0) is 44.1 Å². The van der Waals surface area contributed by atoms with E-state index < -0.39 is 18.1 Å². The quantitative estimate of drug-likeness (QED) is 0.209. The van der Waals surface area contributed by atoms with Crippen molar-refractivity contribution < 1.29 is 32.6 Å². The molecule has 1 saturated carbocycles. The molecule has 0 aromatic carbocycles. The maximum Gasteiger partial charge on any atom is 0.309 e. The van der Waals surface area contributed by atoms with Crippen LogP contribution in [0.25, 0.3) is 0 Å². The fourth-order valence-electron chi connectivity index (χ4n) is 4.02. The summed E-state index contributed by atoms with van der Waals surface area (Å²) in [6.45, 7) is 3.18. The van der Waals surface area contributed by atoms with Crippen LogP contribution < -0.4 is 0 Å². The Balaban J connectivity index is 2.61. The lowest BCUT2D eigenvalue weighted by Gasteiger charge is -2.23. The first kappa shape index (κ1) is 26.2. The van der Waals surface area contributed by atoms with Gasteiger partial charge in [-0.3, -0.25) is 14.4 Å². The molecule has 0 aromatic heterocycles. The number of methoxy groups -OCH3 is 1. The van der Waals surface area contributed by atoms with Crippen molar-refractivity contribution in [3.05, 3.63) is 12.2 Å². The molecule has 3 atom stereocenters. The van der Waals surface area contributed by atoms with Gasteiger partial charge < -0.3 is 9.47 Å². The Morgan fingerprint density at radius 3 is 2.40 bits per heavy atom.